The third-order valence-corrected chi connectivity index (χ3v) is 4.09. The molecular formula is C16H19NO2. The highest BCUT2D eigenvalue weighted by Crippen LogP contribution is 2.28. The SMILES string of the molecule is O=C(O)CCc1c[nH]c2cc3c(cc12)CCCCC3. The summed E-state index contributed by atoms with van der Waals surface area (Å²) in [6.45, 7) is 0. The molecule has 0 atom stereocenters. The molecule has 0 fully saturated rings. The van der Waals surface area contributed by atoms with Gasteiger partial charge in [-0.2, -0.15) is 0 Å². The minimum absolute atomic E-state index is 0.198. The summed E-state index contributed by atoms with van der Waals surface area (Å²) in [7, 11) is 0. The van der Waals surface area contributed by atoms with Crippen LogP contribution in [0, 0.1) is 0 Å². The molecule has 1 aromatic carbocycles. The number of hydrogen-bond acceptors (Lipinski definition) is 1. The van der Waals surface area contributed by atoms with E-state index in [9.17, 15) is 4.79 Å². The van der Waals surface area contributed by atoms with E-state index in [0.717, 1.165) is 17.5 Å². The summed E-state index contributed by atoms with van der Waals surface area (Å²) in [5.41, 5.74) is 5.21. The van der Waals surface area contributed by atoms with Crippen molar-refractivity contribution in [3.63, 3.8) is 0 Å². The van der Waals surface area contributed by atoms with Gasteiger partial charge < -0.3 is 10.1 Å². The summed E-state index contributed by atoms with van der Waals surface area (Å²) >= 11 is 0. The van der Waals surface area contributed by atoms with Crippen molar-refractivity contribution >= 4 is 16.9 Å². The second kappa shape index (κ2) is 5.08. The Labute approximate surface area is 112 Å². The van der Waals surface area contributed by atoms with Gasteiger partial charge in [0.2, 0.25) is 0 Å². The molecular weight excluding hydrogens is 238 g/mol. The molecule has 100 valence electrons. The highest BCUT2D eigenvalue weighted by Gasteiger charge is 2.12. The Morgan fingerprint density at radius 1 is 1.16 bits per heavy atom. The summed E-state index contributed by atoms with van der Waals surface area (Å²) < 4.78 is 0. The Bertz CT molecular complexity index is 612. The van der Waals surface area contributed by atoms with Crippen LogP contribution in [0.4, 0.5) is 0 Å². The lowest BCUT2D eigenvalue weighted by atomic mass is 9.98. The van der Waals surface area contributed by atoms with Gasteiger partial charge in [-0.25, -0.2) is 0 Å². The molecule has 3 nitrogen and oxygen atoms in total. The van der Waals surface area contributed by atoms with Crippen LogP contribution >= 0.6 is 0 Å². The lowest BCUT2D eigenvalue weighted by Gasteiger charge is -2.06. The zero-order chi connectivity index (χ0) is 13.2. The maximum atomic E-state index is 10.7. The molecule has 2 N–H and O–H groups in total. The Hall–Kier alpha value is -1.77. The van der Waals surface area contributed by atoms with Gasteiger partial charge in [0.05, 0.1) is 0 Å². The first-order valence-corrected chi connectivity index (χ1v) is 7.07. The highest BCUT2D eigenvalue weighted by atomic mass is 16.4. The third-order valence-electron chi connectivity index (χ3n) is 4.09. The molecule has 0 radical (unpaired) electrons. The van der Waals surface area contributed by atoms with Gasteiger partial charge >= 0.3 is 5.97 Å². The van der Waals surface area contributed by atoms with Crippen LogP contribution < -0.4 is 0 Å². The van der Waals surface area contributed by atoms with E-state index in [-0.39, 0.29) is 6.42 Å². The molecule has 0 bridgehead atoms. The molecule has 1 aliphatic carbocycles. The van der Waals surface area contributed by atoms with Gasteiger partial charge in [0.25, 0.3) is 0 Å². The number of nitrogens with one attached hydrogen (secondary N) is 1. The first kappa shape index (κ1) is 12.3. The zero-order valence-electron chi connectivity index (χ0n) is 11.0. The first-order chi connectivity index (χ1) is 9.24. The maximum Gasteiger partial charge on any atom is 0.303 e. The van der Waals surface area contributed by atoms with Crippen LogP contribution in [0.5, 0.6) is 0 Å². The molecule has 3 rings (SSSR count). The molecule has 2 aromatic rings. The van der Waals surface area contributed by atoms with Crippen molar-refractivity contribution in [1.82, 2.24) is 4.98 Å². The summed E-state index contributed by atoms with van der Waals surface area (Å²) in [6.07, 6.45) is 8.97. The Morgan fingerprint density at radius 2 is 1.89 bits per heavy atom. The number of carboxylic acids is 1. The first-order valence-electron chi connectivity index (χ1n) is 7.07. The second-order valence-electron chi connectivity index (χ2n) is 5.43. The summed E-state index contributed by atoms with van der Waals surface area (Å²) in [5.74, 6) is -0.732. The number of fused-ring (bicyclic) bond motifs is 2. The number of aromatic nitrogens is 1. The maximum absolute atomic E-state index is 10.7. The number of aryl methyl sites for hydroxylation is 3. The lowest BCUT2D eigenvalue weighted by molar-refractivity contribution is -0.136. The topological polar surface area (TPSA) is 53.1 Å². The smallest absolute Gasteiger partial charge is 0.303 e. The zero-order valence-corrected chi connectivity index (χ0v) is 11.0. The van der Waals surface area contributed by atoms with Crippen molar-refractivity contribution in [3.8, 4) is 0 Å². The quantitative estimate of drug-likeness (QED) is 0.827. The molecule has 0 saturated heterocycles. The molecule has 0 aliphatic heterocycles. The van der Waals surface area contributed by atoms with Crippen LogP contribution in [0.3, 0.4) is 0 Å². The van der Waals surface area contributed by atoms with Crippen molar-refractivity contribution < 1.29 is 9.90 Å². The number of rotatable bonds is 3. The summed E-state index contributed by atoms with van der Waals surface area (Å²) in [5, 5.41) is 10.0. The van der Waals surface area contributed by atoms with Crippen LogP contribution in [0.2, 0.25) is 0 Å². The van der Waals surface area contributed by atoms with Crippen LogP contribution in [0.1, 0.15) is 42.4 Å². The molecule has 0 unspecified atom stereocenters. The van der Waals surface area contributed by atoms with Gasteiger partial charge in [0.15, 0.2) is 0 Å². The fourth-order valence-corrected chi connectivity index (χ4v) is 3.04. The van der Waals surface area contributed by atoms with E-state index in [0.29, 0.717) is 6.42 Å². The summed E-state index contributed by atoms with van der Waals surface area (Å²) in [4.78, 5) is 14.0. The second-order valence-corrected chi connectivity index (χ2v) is 5.43. The normalized spacial score (nSPS) is 15.2. The van der Waals surface area contributed by atoms with E-state index >= 15 is 0 Å². The third kappa shape index (κ3) is 2.50. The van der Waals surface area contributed by atoms with Gasteiger partial charge in [-0.05, 0) is 60.9 Å². The predicted molar refractivity (Wildman–Crippen MR) is 75.5 cm³/mol. The van der Waals surface area contributed by atoms with Crippen molar-refractivity contribution in [1.29, 1.82) is 0 Å². The van der Waals surface area contributed by atoms with E-state index in [2.05, 4.69) is 17.1 Å². The van der Waals surface area contributed by atoms with Gasteiger partial charge in [-0.15, -0.1) is 0 Å². The molecule has 1 aromatic heterocycles. The molecule has 3 heteroatoms. The van der Waals surface area contributed by atoms with E-state index in [1.807, 2.05) is 6.20 Å². The van der Waals surface area contributed by atoms with Gasteiger partial charge in [-0.1, -0.05) is 6.42 Å². The number of H-pyrrole nitrogens is 1. The lowest BCUT2D eigenvalue weighted by Crippen LogP contribution is -1.97. The van der Waals surface area contributed by atoms with Crippen LogP contribution in [-0.2, 0) is 24.1 Å². The Kier molecular flexibility index (Phi) is 3.28. The Balaban J connectivity index is 1.98. The molecule has 1 aliphatic rings. The van der Waals surface area contributed by atoms with Crippen molar-refractivity contribution in [3.05, 3.63) is 35.0 Å². The monoisotopic (exact) mass is 257 g/mol. The van der Waals surface area contributed by atoms with Gasteiger partial charge in [0.1, 0.15) is 0 Å². The molecule has 0 saturated carbocycles. The fraction of sp³-hybridized carbons (Fsp3) is 0.438. The minimum Gasteiger partial charge on any atom is -0.481 e. The molecule has 0 amide bonds. The van der Waals surface area contributed by atoms with Gasteiger partial charge in [-0.3, -0.25) is 4.79 Å². The number of carbonyl (C=O) groups is 1. The number of benzene rings is 1. The molecule has 0 spiro atoms. The largest absolute Gasteiger partial charge is 0.481 e. The van der Waals surface area contributed by atoms with E-state index in [4.69, 9.17) is 5.11 Å². The standard InChI is InChI=1S/C16H19NO2/c18-16(19)7-6-13-10-17-15-9-12-5-3-1-2-4-11(12)8-14(13)15/h8-10,17H,1-7H2,(H,18,19). The van der Waals surface area contributed by atoms with Gasteiger partial charge in [0, 0.05) is 23.5 Å². The Morgan fingerprint density at radius 3 is 2.63 bits per heavy atom. The van der Waals surface area contributed by atoms with Crippen molar-refractivity contribution in [2.45, 2.75) is 44.9 Å². The average Bonchev–Trinajstić information content (AvgIpc) is 2.62. The van der Waals surface area contributed by atoms with E-state index in [1.54, 1.807) is 0 Å². The van der Waals surface area contributed by atoms with Crippen molar-refractivity contribution in [2.24, 2.45) is 0 Å². The molecule has 19 heavy (non-hydrogen) atoms. The number of aliphatic carboxylic acids is 1. The van der Waals surface area contributed by atoms with Crippen LogP contribution in [0.15, 0.2) is 18.3 Å². The van der Waals surface area contributed by atoms with Crippen LogP contribution in [-0.4, -0.2) is 16.1 Å². The van der Waals surface area contributed by atoms with Crippen molar-refractivity contribution in [2.75, 3.05) is 0 Å². The number of aromatic amines is 1. The predicted octanol–water partition coefficient (Wildman–Crippen LogP) is 3.45. The fourth-order valence-electron chi connectivity index (χ4n) is 3.04. The molecule has 1 heterocycles. The average molecular weight is 257 g/mol. The van der Waals surface area contributed by atoms with E-state index in [1.165, 1.54) is 42.2 Å². The van der Waals surface area contributed by atoms with Crippen LogP contribution in [0.25, 0.3) is 10.9 Å². The number of hydrogen-bond donors (Lipinski definition) is 2. The highest BCUT2D eigenvalue weighted by molar-refractivity contribution is 5.85. The minimum atomic E-state index is -0.732. The summed E-state index contributed by atoms with van der Waals surface area (Å²) in [6, 6.07) is 4.55. The van der Waals surface area contributed by atoms with E-state index < -0.39 is 5.97 Å². The number of carboxylic acid groups (broad SMARTS) is 1.